The lowest BCUT2D eigenvalue weighted by Crippen LogP contribution is -2.54. The summed E-state index contributed by atoms with van der Waals surface area (Å²) in [6.07, 6.45) is 3.07. The number of aryl methyl sites for hydroxylation is 2. The topological polar surface area (TPSA) is 104 Å². The minimum atomic E-state index is -3.28. The molecule has 3 aromatic carbocycles. The van der Waals surface area contributed by atoms with Gasteiger partial charge in [0.05, 0.1) is 26.7 Å². The Morgan fingerprint density at radius 2 is 1.68 bits per heavy atom. The molecule has 2 N–H and O–H groups in total. The molecule has 0 aromatic heterocycles. The first-order valence-electron chi connectivity index (χ1n) is 15.1. The van der Waals surface area contributed by atoms with E-state index in [-0.39, 0.29) is 22.9 Å². The van der Waals surface area contributed by atoms with Crippen molar-refractivity contribution in [3.05, 3.63) is 82.2 Å². The summed E-state index contributed by atoms with van der Waals surface area (Å²) in [5.74, 6) is -0.669. The average molecular weight is 617 g/mol. The van der Waals surface area contributed by atoms with Crippen LogP contribution in [0.15, 0.2) is 53.4 Å². The zero-order chi connectivity index (χ0) is 31.8. The highest BCUT2D eigenvalue weighted by atomic mass is 32.2. The molecule has 5 rings (SSSR count). The third-order valence-electron chi connectivity index (χ3n) is 8.96. The number of anilines is 3. The number of piperazine rings is 1. The molecule has 2 heterocycles. The van der Waals surface area contributed by atoms with E-state index in [1.807, 2.05) is 54.8 Å². The van der Waals surface area contributed by atoms with E-state index in [2.05, 4.69) is 29.3 Å². The van der Waals surface area contributed by atoms with E-state index in [0.717, 1.165) is 54.0 Å². The molecular weight excluding hydrogens is 575 g/mol. The number of para-hydroxylation sites is 1. The Morgan fingerprint density at radius 3 is 2.34 bits per heavy atom. The zero-order valence-electron chi connectivity index (χ0n) is 26.1. The van der Waals surface area contributed by atoms with Crippen LogP contribution in [-0.4, -0.2) is 66.1 Å². The maximum atomic E-state index is 14.7. The second-order valence-corrected chi connectivity index (χ2v) is 14.2. The number of piperidine rings is 1. The second-order valence-electron chi connectivity index (χ2n) is 12.1. The highest BCUT2D eigenvalue weighted by Crippen LogP contribution is 2.34. The van der Waals surface area contributed by atoms with Crippen molar-refractivity contribution in [1.82, 2.24) is 4.90 Å². The van der Waals surface area contributed by atoms with Gasteiger partial charge in [0.1, 0.15) is 16.8 Å². The van der Waals surface area contributed by atoms with E-state index in [1.54, 1.807) is 12.1 Å². The molecule has 2 saturated heterocycles. The van der Waals surface area contributed by atoms with Crippen molar-refractivity contribution < 1.29 is 13.4 Å². The van der Waals surface area contributed by atoms with Crippen molar-refractivity contribution in [1.29, 1.82) is 10.0 Å². The van der Waals surface area contributed by atoms with Gasteiger partial charge in [-0.1, -0.05) is 24.3 Å². The lowest BCUT2D eigenvalue weighted by molar-refractivity contribution is 0.0672. The minimum Gasteiger partial charge on any atom is -0.382 e. The maximum Gasteiger partial charge on any atom is 0.254 e. The number of benzene rings is 3. The second kappa shape index (κ2) is 12.5. The minimum absolute atomic E-state index is 0.0302. The molecule has 8 nitrogen and oxygen atoms in total. The highest BCUT2D eigenvalue weighted by molar-refractivity contribution is 7.91. The van der Waals surface area contributed by atoms with Gasteiger partial charge in [0.15, 0.2) is 0 Å². The van der Waals surface area contributed by atoms with Crippen molar-refractivity contribution >= 4 is 32.7 Å². The summed E-state index contributed by atoms with van der Waals surface area (Å²) in [5, 5.41) is 13.3. The number of hydrogen-bond donors (Lipinski definition) is 2. The van der Waals surface area contributed by atoms with E-state index in [1.165, 1.54) is 12.3 Å². The SMILES string of the molecule is Cc1cc(C)c(C(=O)N2CCN(c3cccc(F)c3[S@@](C)(=N)=O)C[C@@H]2C)c(C)c1NC1CCN(c2ccccc2C#N)CC1. The van der Waals surface area contributed by atoms with E-state index >= 15 is 0 Å². The summed E-state index contributed by atoms with van der Waals surface area (Å²) >= 11 is 0. The van der Waals surface area contributed by atoms with Crippen molar-refractivity contribution in [2.45, 2.75) is 57.5 Å². The van der Waals surface area contributed by atoms with Gasteiger partial charge in [-0.15, -0.1) is 0 Å². The fourth-order valence-corrected chi connectivity index (χ4v) is 7.84. The Labute approximate surface area is 260 Å². The molecule has 1 amide bonds. The molecule has 3 aromatic rings. The summed E-state index contributed by atoms with van der Waals surface area (Å²) in [5.41, 5.74) is 6.81. The molecule has 2 aliphatic rings. The number of carbonyl (C=O) groups is 1. The van der Waals surface area contributed by atoms with Gasteiger partial charge in [0, 0.05) is 62.3 Å². The molecular formula is C34H41FN6O2S. The monoisotopic (exact) mass is 616 g/mol. The molecule has 2 fully saturated rings. The van der Waals surface area contributed by atoms with E-state index in [9.17, 15) is 18.7 Å². The molecule has 44 heavy (non-hydrogen) atoms. The van der Waals surface area contributed by atoms with Gasteiger partial charge in [-0.25, -0.2) is 13.4 Å². The summed E-state index contributed by atoms with van der Waals surface area (Å²) in [6, 6.07) is 16.7. The third kappa shape index (κ3) is 6.11. The number of nitriles is 1. The van der Waals surface area contributed by atoms with Gasteiger partial charge in [0.2, 0.25) is 0 Å². The van der Waals surface area contributed by atoms with Crippen molar-refractivity contribution in [2.75, 3.05) is 54.1 Å². The van der Waals surface area contributed by atoms with Crippen LogP contribution in [0.4, 0.5) is 21.5 Å². The van der Waals surface area contributed by atoms with E-state index < -0.39 is 15.5 Å². The van der Waals surface area contributed by atoms with Crippen molar-refractivity contribution in [3.63, 3.8) is 0 Å². The first-order valence-corrected chi connectivity index (χ1v) is 17.1. The van der Waals surface area contributed by atoms with Gasteiger partial charge in [-0.2, -0.15) is 5.26 Å². The number of hydrogen-bond acceptors (Lipinski definition) is 7. The highest BCUT2D eigenvalue weighted by Gasteiger charge is 2.33. The molecule has 0 radical (unpaired) electrons. The summed E-state index contributed by atoms with van der Waals surface area (Å²) < 4.78 is 35.3. The molecule has 10 heteroatoms. The Bertz CT molecular complexity index is 1730. The van der Waals surface area contributed by atoms with Crippen LogP contribution in [0.25, 0.3) is 0 Å². The van der Waals surface area contributed by atoms with Crippen LogP contribution >= 0.6 is 0 Å². The third-order valence-corrected chi connectivity index (χ3v) is 10.1. The normalized spacial score (nSPS) is 18.9. The van der Waals surface area contributed by atoms with Gasteiger partial charge < -0.3 is 20.0 Å². The van der Waals surface area contributed by atoms with Crippen LogP contribution in [0.5, 0.6) is 0 Å². The average Bonchev–Trinajstić information content (AvgIpc) is 2.98. The van der Waals surface area contributed by atoms with Crippen LogP contribution in [0.2, 0.25) is 0 Å². The molecule has 0 spiro atoms. The molecule has 2 atom stereocenters. The number of halogens is 1. The Kier molecular flexibility index (Phi) is 8.89. The van der Waals surface area contributed by atoms with Crippen LogP contribution in [0, 0.1) is 42.7 Å². The number of carbonyl (C=O) groups excluding carboxylic acids is 1. The van der Waals surface area contributed by atoms with Crippen molar-refractivity contribution in [2.24, 2.45) is 0 Å². The van der Waals surface area contributed by atoms with Gasteiger partial charge in [-0.05, 0) is 81.5 Å². The summed E-state index contributed by atoms with van der Waals surface area (Å²) in [6.45, 7) is 11.0. The molecule has 2 aliphatic heterocycles. The molecule has 0 aliphatic carbocycles. The maximum absolute atomic E-state index is 14.7. The summed E-state index contributed by atoms with van der Waals surface area (Å²) in [7, 11) is -3.28. The van der Waals surface area contributed by atoms with Crippen molar-refractivity contribution in [3.8, 4) is 6.07 Å². The molecule has 232 valence electrons. The van der Waals surface area contributed by atoms with Gasteiger partial charge >= 0.3 is 0 Å². The summed E-state index contributed by atoms with van der Waals surface area (Å²) in [4.78, 5) is 20.1. The predicted octanol–water partition coefficient (Wildman–Crippen LogP) is 6.09. The fourth-order valence-electron chi connectivity index (χ4n) is 6.80. The Hall–Kier alpha value is -4.10. The fraction of sp³-hybridized carbons (Fsp3) is 0.412. The Balaban J connectivity index is 1.31. The molecule has 0 bridgehead atoms. The Morgan fingerprint density at radius 1 is 1.00 bits per heavy atom. The van der Waals surface area contributed by atoms with Gasteiger partial charge in [-0.3, -0.25) is 4.79 Å². The number of amides is 1. The number of nitrogens with one attached hydrogen (secondary N) is 2. The van der Waals surface area contributed by atoms with Crippen LogP contribution < -0.4 is 15.1 Å². The number of nitrogens with zero attached hydrogens (tertiary/aromatic N) is 4. The zero-order valence-corrected chi connectivity index (χ0v) is 26.9. The van der Waals surface area contributed by atoms with Crippen LogP contribution in [0.1, 0.15) is 52.4 Å². The van der Waals surface area contributed by atoms with Crippen LogP contribution in [0.3, 0.4) is 0 Å². The quantitative estimate of drug-likeness (QED) is 0.348. The van der Waals surface area contributed by atoms with Gasteiger partial charge in [0.25, 0.3) is 5.91 Å². The standard InChI is InChI=1S/C34H41FN6O2S/c1-22-19-23(2)32(38-27-13-15-39(16-14-27)29-11-7-6-9-26(29)20-36)25(4)31(22)34(42)41-18-17-40(21-24(41)3)30-12-8-10-28(35)33(30)44(5,37)43/h6-12,19,24,27,37-38H,13-18,21H2,1-5H3/t24-,44-/m0/s1. The van der Waals surface area contributed by atoms with E-state index in [0.29, 0.717) is 36.4 Å². The first kappa shape index (κ1) is 31.3. The smallest absolute Gasteiger partial charge is 0.254 e. The number of rotatable bonds is 6. The lowest BCUT2D eigenvalue weighted by Gasteiger charge is -2.42. The van der Waals surface area contributed by atoms with E-state index in [4.69, 9.17) is 4.78 Å². The predicted molar refractivity (Wildman–Crippen MR) is 175 cm³/mol. The largest absolute Gasteiger partial charge is 0.382 e. The molecule has 0 unspecified atom stereocenters. The molecule has 0 saturated carbocycles. The van der Waals surface area contributed by atoms with Crippen LogP contribution in [-0.2, 0) is 9.73 Å². The lowest BCUT2D eigenvalue weighted by atomic mass is 9.94. The first-order chi connectivity index (χ1) is 20.9.